The zero-order valence-electron chi connectivity index (χ0n) is 13.5. The topological polar surface area (TPSA) is 84.9 Å². The number of phenolic OH excluding ortho intramolecular Hbond substituents is 1. The Bertz CT molecular complexity index is 694. The summed E-state index contributed by atoms with van der Waals surface area (Å²) in [6, 6.07) is 12.2. The molecule has 0 saturated heterocycles. The van der Waals surface area contributed by atoms with E-state index in [1.165, 1.54) is 19.2 Å². The molecule has 0 radical (unpaired) electrons. The molecule has 2 aromatic rings. The van der Waals surface area contributed by atoms with E-state index in [1.54, 1.807) is 43.5 Å². The number of aromatic hydroxyl groups is 1. The molecular formula is C18H19NO5. The van der Waals surface area contributed by atoms with Gasteiger partial charge in [0.25, 0.3) is 5.91 Å². The SMILES string of the molecule is COC(=O)C(Cc1ccc(O)cc1)NC(=O)c1ccc(OC)cc1. The van der Waals surface area contributed by atoms with E-state index >= 15 is 0 Å². The highest BCUT2D eigenvalue weighted by Gasteiger charge is 2.22. The molecule has 0 heterocycles. The zero-order valence-corrected chi connectivity index (χ0v) is 13.5. The van der Waals surface area contributed by atoms with Crippen molar-refractivity contribution >= 4 is 11.9 Å². The Kier molecular flexibility index (Phi) is 5.78. The van der Waals surface area contributed by atoms with E-state index in [0.717, 1.165) is 5.56 Å². The Morgan fingerprint density at radius 1 is 1.04 bits per heavy atom. The van der Waals surface area contributed by atoms with E-state index in [4.69, 9.17) is 9.47 Å². The van der Waals surface area contributed by atoms with Crippen molar-refractivity contribution < 1.29 is 24.2 Å². The van der Waals surface area contributed by atoms with E-state index in [0.29, 0.717) is 11.3 Å². The van der Waals surface area contributed by atoms with Crippen LogP contribution in [0.1, 0.15) is 15.9 Å². The molecule has 1 atom stereocenters. The molecule has 2 rings (SSSR count). The van der Waals surface area contributed by atoms with Crippen LogP contribution in [0.15, 0.2) is 48.5 Å². The lowest BCUT2D eigenvalue weighted by molar-refractivity contribution is -0.142. The smallest absolute Gasteiger partial charge is 0.328 e. The molecule has 6 nitrogen and oxygen atoms in total. The third-order valence-electron chi connectivity index (χ3n) is 3.52. The van der Waals surface area contributed by atoms with Gasteiger partial charge in [-0.25, -0.2) is 4.79 Å². The van der Waals surface area contributed by atoms with Crippen molar-refractivity contribution in [1.82, 2.24) is 5.32 Å². The van der Waals surface area contributed by atoms with Crippen LogP contribution in [-0.2, 0) is 16.0 Å². The van der Waals surface area contributed by atoms with Crippen LogP contribution in [0.5, 0.6) is 11.5 Å². The molecule has 1 unspecified atom stereocenters. The van der Waals surface area contributed by atoms with Gasteiger partial charge < -0.3 is 19.9 Å². The van der Waals surface area contributed by atoms with Crippen LogP contribution in [0.25, 0.3) is 0 Å². The minimum absolute atomic E-state index is 0.135. The van der Waals surface area contributed by atoms with Gasteiger partial charge in [0.15, 0.2) is 0 Å². The van der Waals surface area contributed by atoms with Crippen molar-refractivity contribution in [2.24, 2.45) is 0 Å². The quantitative estimate of drug-likeness (QED) is 0.791. The number of phenols is 1. The van der Waals surface area contributed by atoms with E-state index in [-0.39, 0.29) is 18.1 Å². The molecule has 0 saturated carbocycles. The number of carbonyl (C=O) groups is 2. The summed E-state index contributed by atoms with van der Waals surface area (Å²) in [6.45, 7) is 0. The van der Waals surface area contributed by atoms with Gasteiger partial charge >= 0.3 is 5.97 Å². The van der Waals surface area contributed by atoms with E-state index in [2.05, 4.69) is 5.32 Å². The molecule has 2 N–H and O–H groups in total. The lowest BCUT2D eigenvalue weighted by Crippen LogP contribution is -2.43. The number of nitrogens with one attached hydrogen (secondary N) is 1. The first-order valence-electron chi connectivity index (χ1n) is 7.34. The molecule has 2 aromatic carbocycles. The fraction of sp³-hybridized carbons (Fsp3) is 0.222. The Labute approximate surface area is 140 Å². The number of amides is 1. The van der Waals surface area contributed by atoms with Crippen molar-refractivity contribution in [2.75, 3.05) is 14.2 Å². The van der Waals surface area contributed by atoms with Gasteiger partial charge in [-0.3, -0.25) is 4.79 Å². The van der Waals surface area contributed by atoms with Gasteiger partial charge in [-0.15, -0.1) is 0 Å². The summed E-state index contributed by atoms with van der Waals surface area (Å²) in [5.74, 6) is -0.146. The number of hydrogen-bond donors (Lipinski definition) is 2. The average molecular weight is 329 g/mol. The van der Waals surface area contributed by atoms with Crippen molar-refractivity contribution in [1.29, 1.82) is 0 Å². The first-order chi connectivity index (χ1) is 11.5. The van der Waals surface area contributed by atoms with Crippen LogP contribution < -0.4 is 10.1 Å². The van der Waals surface area contributed by atoms with Gasteiger partial charge in [-0.2, -0.15) is 0 Å². The molecule has 1 amide bonds. The maximum Gasteiger partial charge on any atom is 0.328 e. The average Bonchev–Trinajstić information content (AvgIpc) is 2.62. The minimum Gasteiger partial charge on any atom is -0.508 e. The lowest BCUT2D eigenvalue weighted by atomic mass is 10.1. The molecule has 0 aliphatic carbocycles. The maximum atomic E-state index is 12.3. The lowest BCUT2D eigenvalue weighted by Gasteiger charge is -2.17. The summed E-state index contributed by atoms with van der Waals surface area (Å²) in [6.07, 6.45) is 0.259. The first kappa shape index (κ1) is 17.3. The molecule has 0 spiro atoms. The van der Waals surface area contributed by atoms with Crippen LogP contribution in [0, 0.1) is 0 Å². The number of rotatable bonds is 6. The summed E-state index contributed by atoms with van der Waals surface area (Å²) >= 11 is 0. The molecule has 0 aliphatic rings. The predicted molar refractivity (Wildman–Crippen MR) is 88.1 cm³/mol. The van der Waals surface area contributed by atoms with Crippen LogP contribution in [0.3, 0.4) is 0 Å². The molecule has 126 valence electrons. The first-order valence-corrected chi connectivity index (χ1v) is 7.34. The number of carbonyl (C=O) groups excluding carboxylic acids is 2. The summed E-state index contributed by atoms with van der Waals surface area (Å²) in [5.41, 5.74) is 1.20. The normalized spacial score (nSPS) is 11.4. The van der Waals surface area contributed by atoms with Gasteiger partial charge in [-0.05, 0) is 42.0 Å². The van der Waals surface area contributed by atoms with Gasteiger partial charge in [0, 0.05) is 12.0 Å². The fourth-order valence-corrected chi connectivity index (χ4v) is 2.19. The predicted octanol–water partition coefficient (Wildman–Crippen LogP) is 1.91. The minimum atomic E-state index is -0.825. The molecule has 0 fully saturated rings. The summed E-state index contributed by atoms with van der Waals surface area (Å²) in [7, 11) is 2.81. The summed E-state index contributed by atoms with van der Waals surface area (Å²) in [5, 5.41) is 12.0. The van der Waals surface area contributed by atoms with Crippen LogP contribution in [0.2, 0.25) is 0 Å². The van der Waals surface area contributed by atoms with Crippen molar-refractivity contribution in [3.63, 3.8) is 0 Å². The highest BCUT2D eigenvalue weighted by atomic mass is 16.5. The zero-order chi connectivity index (χ0) is 17.5. The van der Waals surface area contributed by atoms with Gasteiger partial charge in [0.2, 0.25) is 0 Å². The Hall–Kier alpha value is -3.02. The van der Waals surface area contributed by atoms with Gasteiger partial charge in [0.05, 0.1) is 14.2 Å². The number of ether oxygens (including phenoxy) is 2. The second-order valence-electron chi connectivity index (χ2n) is 5.15. The second kappa shape index (κ2) is 8.01. The molecule has 6 heteroatoms. The van der Waals surface area contributed by atoms with E-state index < -0.39 is 12.0 Å². The summed E-state index contributed by atoms with van der Waals surface area (Å²) < 4.78 is 9.81. The molecule has 0 bridgehead atoms. The standard InChI is InChI=1S/C18H19NO5/c1-23-15-9-5-13(6-10-15)17(21)19-16(18(22)24-2)11-12-3-7-14(20)8-4-12/h3-10,16,20H,11H2,1-2H3,(H,19,21). The fourth-order valence-electron chi connectivity index (χ4n) is 2.19. The molecule has 24 heavy (non-hydrogen) atoms. The summed E-state index contributed by atoms with van der Waals surface area (Å²) in [4.78, 5) is 24.3. The molecule has 0 aliphatic heterocycles. The highest BCUT2D eigenvalue weighted by Crippen LogP contribution is 2.14. The third-order valence-corrected chi connectivity index (χ3v) is 3.52. The van der Waals surface area contributed by atoms with Gasteiger partial charge in [-0.1, -0.05) is 12.1 Å². The Morgan fingerprint density at radius 2 is 1.67 bits per heavy atom. The number of methoxy groups -OCH3 is 2. The maximum absolute atomic E-state index is 12.3. The van der Waals surface area contributed by atoms with Crippen molar-refractivity contribution in [3.8, 4) is 11.5 Å². The Morgan fingerprint density at radius 3 is 2.21 bits per heavy atom. The number of esters is 1. The number of benzene rings is 2. The molecular weight excluding hydrogens is 310 g/mol. The highest BCUT2D eigenvalue weighted by molar-refractivity contribution is 5.96. The van der Waals surface area contributed by atoms with E-state index in [9.17, 15) is 14.7 Å². The largest absolute Gasteiger partial charge is 0.508 e. The molecule has 0 aromatic heterocycles. The van der Waals surface area contributed by atoms with Crippen molar-refractivity contribution in [3.05, 3.63) is 59.7 Å². The monoisotopic (exact) mass is 329 g/mol. The Balaban J connectivity index is 2.11. The second-order valence-corrected chi connectivity index (χ2v) is 5.15. The van der Waals surface area contributed by atoms with Gasteiger partial charge in [0.1, 0.15) is 17.5 Å². The van der Waals surface area contributed by atoms with Crippen LogP contribution in [0.4, 0.5) is 0 Å². The number of hydrogen-bond acceptors (Lipinski definition) is 5. The van der Waals surface area contributed by atoms with Crippen LogP contribution >= 0.6 is 0 Å². The van der Waals surface area contributed by atoms with E-state index in [1.807, 2.05) is 0 Å². The third kappa shape index (κ3) is 4.49. The van der Waals surface area contributed by atoms with Crippen molar-refractivity contribution in [2.45, 2.75) is 12.5 Å². The van der Waals surface area contributed by atoms with Crippen LogP contribution in [-0.4, -0.2) is 37.2 Å².